The molecule has 19 heavy (non-hydrogen) atoms. The van der Waals surface area contributed by atoms with E-state index >= 15 is 0 Å². The number of aromatic nitrogens is 2. The molecule has 0 atom stereocenters. The van der Waals surface area contributed by atoms with E-state index in [4.69, 9.17) is 16.1 Å². The Bertz CT molecular complexity index is 606. The number of hydrogen-bond donors (Lipinski definition) is 1. The minimum Gasteiger partial charge on any atom is -0.862 e. The second-order valence-corrected chi connectivity index (χ2v) is 4.27. The standard InChI is InChI=1S/C12H12ClN3O3/c1-8(18)14-12-11(7-17)16(15-19-12)6-9-4-2-3-5-10(9)13/h2-5,17H,6-7H2,1H3. The maximum absolute atomic E-state index is 10.9. The fourth-order valence-corrected chi connectivity index (χ4v) is 1.79. The third-order valence-corrected chi connectivity index (χ3v) is 2.84. The Kier molecular flexibility index (Phi) is 4.13. The lowest BCUT2D eigenvalue weighted by Crippen LogP contribution is -2.40. The molecule has 0 unspecified atom stereocenters. The lowest BCUT2D eigenvalue weighted by Gasteiger charge is -1.99. The Morgan fingerprint density at radius 2 is 2.26 bits per heavy atom. The van der Waals surface area contributed by atoms with E-state index in [1.165, 1.54) is 11.6 Å². The minimum absolute atomic E-state index is 0.0158. The number of nitrogens with zero attached hydrogens (tertiary/aromatic N) is 3. The van der Waals surface area contributed by atoms with E-state index in [9.17, 15) is 10.2 Å². The van der Waals surface area contributed by atoms with Gasteiger partial charge in [-0.05, 0) is 23.6 Å². The van der Waals surface area contributed by atoms with Crippen molar-refractivity contribution in [2.24, 2.45) is 4.99 Å². The Hall–Kier alpha value is -1.92. The van der Waals surface area contributed by atoms with Crippen molar-refractivity contribution in [3.8, 4) is 0 Å². The highest BCUT2D eigenvalue weighted by atomic mass is 35.5. The smallest absolute Gasteiger partial charge is 0.326 e. The lowest BCUT2D eigenvalue weighted by molar-refractivity contribution is -0.762. The highest BCUT2D eigenvalue weighted by Gasteiger charge is 2.24. The summed E-state index contributed by atoms with van der Waals surface area (Å²) < 4.78 is 6.35. The third kappa shape index (κ3) is 3.10. The summed E-state index contributed by atoms with van der Waals surface area (Å²) in [6.45, 7) is 1.29. The van der Waals surface area contributed by atoms with E-state index in [1.807, 2.05) is 18.2 Å². The van der Waals surface area contributed by atoms with Crippen LogP contribution in [0, 0.1) is 0 Å². The molecule has 2 rings (SSSR count). The van der Waals surface area contributed by atoms with E-state index in [-0.39, 0.29) is 12.5 Å². The fraction of sp³-hybridized carbons (Fsp3) is 0.250. The molecule has 0 aliphatic carbocycles. The van der Waals surface area contributed by atoms with Crippen molar-refractivity contribution in [1.29, 1.82) is 0 Å². The maximum Gasteiger partial charge on any atom is 0.326 e. The highest BCUT2D eigenvalue weighted by Crippen LogP contribution is 2.17. The molecule has 6 nitrogen and oxygen atoms in total. The molecule has 100 valence electrons. The molecule has 0 radical (unpaired) electrons. The molecule has 0 saturated carbocycles. The molecule has 0 spiro atoms. The van der Waals surface area contributed by atoms with Crippen molar-refractivity contribution >= 4 is 23.4 Å². The minimum atomic E-state index is -0.421. The van der Waals surface area contributed by atoms with Gasteiger partial charge in [0.15, 0.2) is 0 Å². The van der Waals surface area contributed by atoms with Crippen molar-refractivity contribution in [3.63, 3.8) is 0 Å². The molecule has 7 heteroatoms. The number of aliphatic hydroxyl groups excluding tert-OH is 1. The predicted molar refractivity (Wildman–Crippen MR) is 65.9 cm³/mol. The second-order valence-electron chi connectivity index (χ2n) is 3.86. The topological polar surface area (TPSA) is 85.6 Å². The molecule has 0 aliphatic heterocycles. The number of hydrogen-bond acceptors (Lipinski definition) is 5. The van der Waals surface area contributed by atoms with E-state index in [2.05, 4.69) is 10.3 Å². The van der Waals surface area contributed by atoms with Crippen LogP contribution < -0.4 is 9.79 Å². The van der Waals surface area contributed by atoms with Gasteiger partial charge in [-0.1, -0.05) is 29.8 Å². The van der Waals surface area contributed by atoms with Crippen LogP contribution in [0.1, 0.15) is 18.2 Å². The summed E-state index contributed by atoms with van der Waals surface area (Å²) in [4.78, 5) is 3.63. The zero-order valence-corrected chi connectivity index (χ0v) is 11.0. The van der Waals surface area contributed by atoms with Gasteiger partial charge in [0.25, 0.3) is 0 Å². The molecule has 1 aromatic carbocycles. The number of rotatable bonds is 4. The summed E-state index contributed by atoms with van der Waals surface area (Å²) in [5.41, 5.74) is 1.15. The zero-order chi connectivity index (χ0) is 13.8. The summed E-state index contributed by atoms with van der Waals surface area (Å²) in [6.07, 6.45) is 0. The molecular formula is C12H12ClN3O3. The first-order valence-electron chi connectivity index (χ1n) is 5.57. The fourth-order valence-electron chi connectivity index (χ4n) is 1.59. The zero-order valence-electron chi connectivity index (χ0n) is 10.2. The van der Waals surface area contributed by atoms with Crippen LogP contribution in [-0.4, -0.2) is 16.3 Å². The molecule has 0 bridgehead atoms. The van der Waals surface area contributed by atoms with Crippen LogP contribution in [0.15, 0.2) is 33.8 Å². The Morgan fingerprint density at radius 1 is 1.53 bits per heavy atom. The summed E-state index contributed by atoms with van der Waals surface area (Å²) >= 11 is 6.05. The molecular weight excluding hydrogens is 270 g/mol. The second kappa shape index (κ2) is 5.81. The van der Waals surface area contributed by atoms with E-state index in [0.29, 0.717) is 17.3 Å². The highest BCUT2D eigenvalue weighted by molar-refractivity contribution is 6.31. The molecule has 2 aromatic rings. The van der Waals surface area contributed by atoms with Gasteiger partial charge in [-0.15, -0.1) is 0 Å². The van der Waals surface area contributed by atoms with Gasteiger partial charge in [-0.3, -0.25) is 4.52 Å². The van der Waals surface area contributed by atoms with Gasteiger partial charge in [0, 0.05) is 5.56 Å². The van der Waals surface area contributed by atoms with Gasteiger partial charge >= 0.3 is 11.6 Å². The first kappa shape index (κ1) is 13.5. The molecule has 0 amide bonds. The van der Waals surface area contributed by atoms with Gasteiger partial charge in [-0.2, -0.15) is 0 Å². The van der Waals surface area contributed by atoms with Gasteiger partial charge in [-0.25, -0.2) is 4.99 Å². The van der Waals surface area contributed by atoms with E-state index in [1.54, 1.807) is 6.07 Å². The summed E-state index contributed by atoms with van der Waals surface area (Å²) in [5, 5.41) is 24.6. The Morgan fingerprint density at radius 3 is 2.89 bits per heavy atom. The summed E-state index contributed by atoms with van der Waals surface area (Å²) in [6, 6.07) is 7.27. The van der Waals surface area contributed by atoms with Crippen LogP contribution in [-0.2, 0) is 13.2 Å². The van der Waals surface area contributed by atoms with Gasteiger partial charge < -0.3 is 10.2 Å². The number of benzene rings is 1. The average molecular weight is 282 g/mol. The van der Waals surface area contributed by atoms with E-state index < -0.39 is 5.90 Å². The summed E-state index contributed by atoms with van der Waals surface area (Å²) in [7, 11) is 0. The van der Waals surface area contributed by atoms with Crippen molar-refractivity contribution in [2.75, 3.05) is 0 Å². The van der Waals surface area contributed by atoms with Crippen molar-refractivity contribution in [2.45, 2.75) is 20.1 Å². The SMILES string of the molecule is C/C([O-])=N\c1on[n+](Cc2ccccc2Cl)c1CO. The molecule has 0 saturated heterocycles. The average Bonchev–Trinajstić information content (AvgIpc) is 2.73. The van der Waals surface area contributed by atoms with Crippen LogP contribution in [0.4, 0.5) is 5.88 Å². The normalized spacial score (nSPS) is 11.8. The number of halogens is 1. The Labute approximate surface area is 114 Å². The molecule has 1 aromatic heterocycles. The van der Waals surface area contributed by atoms with Crippen LogP contribution >= 0.6 is 11.6 Å². The van der Waals surface area contributed by atoms with Gasteiger partial charge in [0.05, 0.1) is 5.02 Å². The molecule has 1 N–H and O–H groups in total. The number of aliphatic imine (C=N–C) groups is 1. The monoisotopic (exact) mass is 281 g/mol. The lowest BCUT2D eigenvalue weighted by atomic mass is 10.2. The largest absolute Gasteiger partial charge is 0.862 e. The first-order valence-corrected chi connectivity index (χ1v) is 5.95. The summed E-state index contributed by atoms with van der Waals surface area (Å²) in [5.74, 6) is -0.405. The van der Waals surface area contributed by atoms with Crippen molar-refractivity contribution in [3.05, 3.63) is 40.5 Å². The first-order chi connectivity index (χ1) is 9.11. The van der Waals surface area contributed by atoms with Crippen molar-refractivity contribution in [1.82, 2.24) is 5.27 Å². The van der Waals surface area contributed by atoms with Crippen LogP contribution in [0.5, 0.6) is 0 Å². The van der Waals surface area contributed by atoms with E-state index in [0.717, 1.165) is 5.56 Å². The Balaban J connectivity index is 2.34. The molecule has 0 fully saturated rings. The molecule has 1 heterocycles. The number of aliphatic hydroxyl groups is 1. The van der Waals surface area contributed by atoms with Crippen LogP contribution in [0.25, 0.3) is 0 Å². The van der Waals surface area contributed by atoms with Gasteiger partial charge in [0.1, 0.15) is 6.61 Å². The maximum atomic E-state index is 10.9. The molecule has 0 aliphatic rings. The van der Waals surface area contributed by atoms with Crippen LogP contribution in [0.2, 0.25) is 5.02 Å². The van der Waals surface area contributed by atoms with Crippen LogP contribution in [0.3, 0.4) is 0 Å². The van der Waals surface area contributed by atoms with Crippen molar-refractivity contribution < 1.29 is 19.4 Å². The predicted octanol–water partition coefficient (Wildman–Crippen LogP) is 0.566. The van der Waals surface area contributed by atoms with Gasteiger partial charge in [0.2, 0.25) is 11.8 Å². The third-order valence-electron chi connectivity index (χ3n) is 2.47. The quantitative estimate of drug-likeness (QED) is 0.504.